The van der Waals surface area contributed by atoms with Crippen LogP contribution in [0.15, 0.2) is 46.9 Å². The standard InChI is InChI=1S/C18H18BrN3O5/c1-11(2)15-9-13(19)6-7-16(15)27-10-17(23)20-21-18(24)12-4-3-5-14(8-12)22(25)26/h3-9,11H,10H2,1-2H3,(H,20,23)(H,21,24). The molecule has 0 aliphatic rings. The molecule has 0 spiro atoms. The Kier molecular flexibility index (Phi) is 6.89. The molecular weight excluding hydrogens is 418 g/mol. The molecule has 0 radical (unpaired) electrons. The Morgan fingerprint density at radius 3 is 2.59 bits per heavy atom. The number of nitrogens with zero attached hydrogens (tertiary/aromatic N) is 1. The zero-order valence-corrected chi connectivity index (χ0v) is 16.3. The average Bonchev–Trinajstić information content (AvgIpc) is 2.64. The second kappa shape index (κ2) is 9.13. The minimum Gasteiger partial charge on any atom is -0.483 e. The first kappa shape index (κ1) is 20.4. The van der Waals surface area contributed by atoms with Gasteiger partial charge in [0.2, 0.25) is 0 Å². The molecule has 0 bridgehead atoms. The summed E-state index contributed by atoms with van der Waals surface area (Å²) < 4.78 is 6.44. The molecule has 2 aromatic carbocycles. The van der Waals surface area contributed by atoms with E-state index in [4.69, 9.17) is 4.74 Å². The topological polar surface area (TPSA) is 111 Å². The van der Waals surface area contributed by atoms with Crippen molar-refractivity contribution in [2.24, 2.45) is 0 Å². The van der Waals surface area contributed by atoms with E-state index < -0.39 is 16.7 Å². The highest BCUT2D eigenvalue weighted by Gasteiger charge is 2.13. The highest BCUT2D eigenvalue weighted by Crippen LogP contribution is 2.29. The summed E-state index contributed by atoms with van der Waals surface area (Å²) in [5, 5.41) is 10.7. The van der Waals surface area contributed by atoms with Crippen LogP contribution in [0.1, 0.15) is 35.7 Å². The number of hydrogen-bond acceptors (Lipinski definition) is 5. The SMILES string of the molecule is CC(C)c1cc(Br)ccc1OCC(=O)NNC(=O)c1cccc([N+](=O)[O-])c1. The Bertz CT molecular complexity index is 870. The normalized spacial score (nSPS) is 10.4. The third-order valence-electron chi connectivity index (χ3n) is 3.59. The van der Waals surface area contributed by atoms with Crippen LogP contribution in [0.25, 0.3) is 0 Å². The number of carbonyl (C=O) groups is 2. The molecule has 0 atom stereocenters. The summed E-state index contributed by atoms with van der Waals surface area (Å²) in [4.78, 5) is 34.0. The van der Waals surface area contributed by atoms with Gasteiger partial charge in [-0.3, -0.25) is 30.6 Å². The molecule has 0 aromatic heterocycles. The highest BCUT2D eigenvalue weighted by atomic mass is 79.9. The summed E-state index contributed by atoms with van der Waals surface area (Å²) in [5.41, 5.74) is 5.20. The number of non-ortho nitro benzene ring substituents is 1. The van der Waals surface area contributed by atoms with E-state index in [-0.39, 0.29) is 23.8 Å². The Labute approximate surface area is 164 Å². The lowest BCUT2D eigenvalue weighted by atomic mass is 10.0. The highest BCUT2D eigenvalue weighted by molar-refractivity contribution is 9.10. The van der Waals surface area contributed by atoms with Gasteiger partial charge in [0.05, 0.1) is 4.92 Å². The molecule has 0 heterocycles. The fourth-order valence-corrected chi connectivity index (χ4v) is 2.62. The maximum absolute atomic E-state index is 12.0. The molecule has 0 saturated carbocycles. The predicted molar refractivity (Wildman–Crippen MR) is 102 cm³/mol. The van der Waals surface area contributed by atoms with Crippen LogP contribution in [0.4, 0.5) is 5.69 Å². The van der Waals surface area contributed by atoms with Crippen molar-refractivity contribution < 1.29 is 19.2 Å². The van der Waals surface area contributed by atoms with Crippen LogP contribution < -0.4 is 15.6 Å². The number of halogens is 1. The van der Waals surface area contributed by atoms with E-state index in [1.54, 1.807) is 6.07 Å². The number of nitro benzene ring substituents is 1. The van der Waals surface area contributed by atoms with Crippen LogP contribution in [-0.2, 0) is 4.79 Å². The van der Waals surface area contributed by atoms with Gasteiger partial charge in [-0.15, -0.1) is 0 Å². The number of hydrazine groups is 1. The van der Waals surface area contributed by atoms with Crippen molar-refractivity contribution in [3.63, 3.8) is 0 Å². The number of hydrogen-bond donors (Lipinski definition) is 2. The number of benzene rings is 2. The van der Waals surface area contributed by atoms with Gasteiger partial charge in [-0.1, -0.05) is 35.8 Å². The van der Waals surface area contributed by atoms with Crippen molar-refractivity contribution in [2.45, 2.75) is 19.8 Å². The fraction of sp³-hybridized carbons (Fsp3) is 0.222. The molecule has 0 aliphatic heterocycles. The van der Waals surface area contributed by atoms with Crippen molar-refractivity contribution in [1.29, 1.82) is 0 Å². The second-order valence-corrected chi connectivity index (χ2v) is 6.85. The van der Waals surface area contributed by atoms with Crippen molar-refractivity contribution in [1.82, 2.24) is 10.9 Å². The Morgan fingerprint density at radius 1 is 1.19 bits per heavy atom. The zero-order chi connectivity index (χ0) is 20.0. The van der Waals surface area contributed by atoms with Gasteiger partial charge >= 0.3 is 0 Å². The van der Waals surface area contributed by atoms with Gasteiger partial charge in [-0.2, -0.15) is 0 Å². The first-order chi connectivity index (χ1) is 12.8. The minimum atomic E-state index is -0.668. The molecule has 0 saturated heterocycles. The third kappa shape index (κ3) is 5.78. The average molecular weight is 436 g/mol. The van der Waals surface area contributed by atoms with Crippen LogP contribution in [0.2, 0.25) is 0 Å². The smallest absolute Gasteiger partial charge is 0.276 e. The summed E-state index contributed by atoms with van der Waals surface area (Å²) in [6, 6.07) is 10.7. The summed E-state index contributed by atoms with van der Waals surface area (Å²) in [6.07, 6.45) is 0. The molecule has 2 aromatic rings. The van der Waals surface area contributed by atoms with Gasteiger partial charge in [0.1, 0.15) is 5.75 Å². The Hall–Kier alpha value is -2.94. The number of carbonyl (C=O) groups excluding carboxylic acids is 2. The number of nitro groups is 1. The largest absolute Gasteiger partial charge is 0.483 e. The molecular formula is C18H18BrN3O5. The van der Waals surface area contributed by atoms with E-state index in [2.05, 4.69) is 26.8 Å². The molecule has 0 fully saturated rings. The van der Waals surface area contributed by atoms with Gasteiger partial charge in [0, 0.05) is 22.2 Å². The summed E-state index contributed by atoms with van der Waals surface area (Å²) in [7, 11) is 0. The molecule has 2 N–H and O–H groups in total. The van der Waals surface area contributed by atoms with E-state index in [1.807, 2.05) is 26.0 Å². The van der Waals surface area contributed by atoms with Crippen molar-refractivity contribution in [3.8, 4) is 5.75 Å². The maximum atomic E-state index is 12.0. The number of nitrogens with one attached hydrogen (secondary N) is 2. The molecule has 8 nitrogen and oxygen atoms in total. The van der Waals surface area contributed by atoms with Crippen LogP contribution >= 0.6 is 15.9 Å². The lowest BCUT2D eigenvalue weighted by Gasteiger charge is -2.14. The molecule has 2 rings (SSSR count). The molecule has 2 amide bonds. The number of ether oxygens (including phenoxy) is 1. The molecule has 0 unspecified atom stereocenters. The van der Waals surface area contributed by atoms with Crippen molar-refractivity contribution in [3.05, 3.63) is 68.2 Å². The first-order valence-corrected chi connectivity index (χ1v) is 8.83. The first-order valence-electron chi connectivity index (χ1n) is 8.04. The number of rotatable bonds is 6. The van der Waals surface area contributed by atoms with Crippen molar-refractivity contribution in [2.75, 3.05) is 6.61 Å². The third-order valence-corrected chi connectivity index (χ3v) is 4.08. The lowest BCUT2D eigenvalue weighted by molar-refractivity contribution is -0.384. The number of amides is 2. The van der Waals surface area contributed by atoms with Gasteiger partial charge in [-0.05, 0) is 35.7 Å². The zero-order valence-electron chi connectivity index (χ0n) is 14.7. The van der Waals surface area contributed by atoms with E-state index in [0.29, 0.717) is 5.75 Å². The predicted octanol–water partition coefficient (Wildman–Crippen LogP) is 3.32. The molecule has 9 heteroatoms. The van der Waals surface area contributed by atoms with Crippen molar-refractivity contribution >= 4 is 33.4 Å². The van der Waals surface area contributed by atoms with Gasteiger partial charge in [0.15, 0.2) is 6.61 Å². The molecule has 0 aliphatic carbocycles. The lowest BCUT2D eigenvalue weighted by Crippen LogP contribution is -2.43. The van der Waals surface area contributed by atoms with Crippen LogP contribution in [0, 0.1) is 10.1 Å². The van der Waals surface area contributed by atoms with E-state index in [9.17, 15) is 19.7 Å². The van der Waals surface area contributed by atoms with E-state index in [0.717, 1.165) is 16.1 Å². The van der Waals surface area contributed by atoms with Gasteiger partial charge in [0.25, 0.3) is 17.5 Å². The van der Waals surface area contributed by atoms with E-state index >= 15 is 0 Å². The Morgan fingerprint density at radius 2 is 1.93 bits per heavy atom. The van der Waals surface area contributed by atoms with Gasteiger partial charge in [-0.25, -0.2) is 0 Å². The summed E-state index contributed by atoms with van der Waals surface area (Å²) in [6.45, 7) is 3.72. The minimum absolute atomic E-state index is 0.0559. The Balaban J connectivity index is 1.91. The molecule has 142 valence electrons. The summed E-state index contributed by atoms with van der Waals surface area (Å²) in [5.74, 6) is -0.451. The maximum Gasteiger partial charge on any atom is 0.276 e. The van der Waals surface area contributed by atoms with Gasteiger partial charge < -0.3 is 4.74 Å². The second-order valence-electron chi connectivity index (χ2n) is 5.94. The van der Waals surface area contributed by atoms with E-state index in [1.165, 1.54) is 18.2 Å². The fourth-order valence-electron chi connectivity index (χ4n) is 2.24. The van der Waals surface area contributed by atoms with Crippen LogP contribution in [0.3, 0.4) is 0 Å². The molecule has 27 heavy (non-hydrogen) atoms. The quantitative estimate of drug-likeness (QED) is 0.533. The van der Waals surface area contributed by atoms with Crippen LogP contribution in [-0.4, -0.2) is 23.3 Å². The monoisotopic (exact) mass is 435 g/mol. The van der Waals surface area contributed by atoms with Crippen LogP contribution in [0.5, 0.6) is 5.75 Å². The summed E-state index contributed by atoms with van der Waals surface area (Å²) >= 11 is 3.40.